The first-order valence-corrected chi connectivity index (χ1v) is 8.31. The first kappa shape index (κ1) is 19.5. The van der Waals surface area contributed by atoms with Crippen LogP contribution in [-0.2, 0) is 13.1 Å². The maximum absolute atomic E-state index is 13.1. The van der Waals surface area contributed by atoms with Crippen LogP contribution in [0.3, 0.4) is 0 Å². The molecule has 0 spiro atoms. The van der Waals surface area contributed by atoms with Gasteiger partial charge in [0.1, 0.15) is 5.82 Å². The molecule has 28 heavy (non-hydrogen) atoms. The van der Waals surface area contributed by atoms with Gasteiger partial charge in [0.15, 0.2) is 11.4 Å². The predicted molar refractivity (Wildman–Crippen MR) is 102 cm³/mol. The smallest absolute Gasteiger partial charge is 0.274 e. The highest BCUT2D eigenvalue weighted by molar-refractivity contribution is 5.96. The summed E-state index contributed by atoms with van der Waals surface area (Å²) in [5.74, 6) is -1.41. The van der Waals surface area contributed by atoms with Crippen LogP contribution in [0, 0.1) is 5.82 Å². The van der Waals surface area contributed by atoms with Gasteiger partial charge in [0.25, 0.3) is 5.91 Å². The van der Waals surface area contributed by atoms with Gasteiger partial charge in [0.2, 0.25) is 5.43 Å². The molecule has 0 fully saturated rings. The van der Waals surface area contributed by atoms with Gasteiger partial charge in [-0.05, 0) is 17.7 Å². The number of aromatic nitrogens is 3. The molecule has 3 heterocycles. The predicted octanol–water partition coefficient (Wildman–Crippen LogP) is 2.23. The molecule has 0 saturated carbocycles. The van der Waals surface area contributed by atoms with Gasteiger partial charge in [-0.1, -0.05) is 12.1 Å². The molecular formula is C19H16ClFN4O3. The maximum Gasteiger partial charge on any atom is 0.274 e. The Hall–Kier alpha value is -3.26. The van der Waals surface area contributed by atoms with Crippen molar-refractivity contribution in [2.45, 2.75) is 13.1 Å². The molecule has 1 aromatic carbocycles. The Morgan fingerprint density at radius 3 is 2.54 bits per heavy atom. The van der Waals surface area contributed by atoms with E-state index in [0.29, 0.717) is 18.8 Å². The fourth-order valence-corrected chi connectivity index (χ4v) is 3.11. The van der Waals surface area contributed by atoms with Gasteiger partial charge >= 0.3 is 0 Å². The van der Waals surface area contributed by atoms with E-state index in [2.05, 4.69) is 9.97 Å². The number of rotatable bonds is 3. The molecule has 0 saturated heterocycles. The molecule has 9 heteroatoms. The van der Waals surface area contributed by atoms with Crippen LogP contribution in [0.1, 0.15) is 16.1 Å². The fourth-order valence-electron chi connectivity index (χ4n) is 3.11. The maximum atomic E-state index is 13.1. The molecule has 7 nitrogen and oxygen atoms in total. The van der Waals surface area contributed by atoms with Crippen LogP contribution in [0.25, 0.3) is 11.3 Å². The zero-order chi connectivity index (χ0) is 19.0. The number of pyridine rings is 1. The summed E-state index contributed by atoms with van der Waals surface area (Å²) in [6.07, 6.45) is 5.88. The van der Waals surface area contributed by atoms with E-state index >= 15 is 0 Å². The van der Waals surface area contributed by atoms with Crippen molar-refractivity contribution in [3.63, 3.8) is 0 Å². The Morgan fingerprint density at radius 1 is 1.11 bits per heavy atom. The summed E-state index contributed by atoms with van der Waals surface area (Å²) in [6.45, 7) is 1.06. The molecule has 3 aromatic rings. The molecule has 0 unspecified atom stereocenters. The number of amides is 1. The molecule has 0 aliphatic carbocycles. The average Bonchev–Trinajstić information content (AvgIpc) is 2.69. The summed E-state index contributed by atoms with van der Waals surface area (Å²) >= 11 is 0. The van der Waals surface area contributed by atoms with Gasteiger partial charge < -0.3 is 14.6 Å². The lowest BCUT2D eigenvalue weighted by molar-refractivity contribution is 0.0683. The summed E-state index contributed by atoms with van der Waals surface area (Å²) in [5, 5.41) is 10.4. The topological polar surface area (TPSA) is 88.3 Å². The third-order valence-corrected chi connectivity index (χ3v) is 4.48. The minimum atomic E-state index is -0.668. The first-order chi connectivity index (χ1) is 13.0. The van der Waals surface area contributed by atoms with Crippen LogP contribution in [0.4, 0.5) is 4.39 Å². The lowest BCUT2D eigenvalue weighted by Gasteiger charge is -2.30. The van der Waals surface area contributed by atoms with Gasteiger partial charge in [0, 0.05) is 38.2 Å². The molecule has 1 aliphatic heterocycles. The number of nitrogens with zero attached hydrogens (tertiary/aromatic N) is 4. The molecule has 1 amide bonds. The van der Waals surface area contributed by atoms with E-state index in [-0.39, 0.29) is 36.0 Å². The molecule has 1 N–H and O–H groups in total. The van der Waals surface area contributed by atoms with Crippen LogP contribution >= 0.6 is 12.4 Å². The number of hydrogen-bond acceptors (Lipinski definition) is 5. The van der Waals surface area contributed by atoms with Crippen molar-refractivity contribution < 1.29 is 14.3 Å². The van der Waals surface area contributed by atoms with E-state index < -0.39 is 17.1 Å². The SMILES string of the molecule is Cl.O=C1c2c(O)c(=O)c(-c3cnccn3)cn2CCN1Cc1ccc(F)cc1. The highest BCUT2D eigenvalue weighted by Crippen LogP contribution is 2.24. The van der Waals surface area contributed by atoms with Gasteiger partial charge in [-0.3, -0.25) is 19.6 Å². The van der Waals surface area contributed by atoms with Crippen molar-refractivity contribution in [3.8, 4) is 17.0 Å². The molecular weight excluding hydrogens is 387 g/mol. The van der Waals surface area contributed by atoms with Gasteiger partial charge in [-0.15, -0.1) is 12.4 Å². The van der Waals surface area contributed by atoms with Gasteiger partial charge in [-0.2, -0.15) is 0 Å². The van der Waals surface area contributed by atoms with Crippen LogP contribution < -0.4 is 5.43 Å². The monoisotopic (exact) mass is 402 g/mol. The Balaban J connectivity index is 0.00000225. The summed E-state index contributed by atoms with van der Waals surface area (Å²) in [6, 6.07) is 5.85. The van der Waals surface area contributed by atoms with E-state index in [1.165, 1.54) is 41.8 Å². The van der Waals surface area contributed by atoms with Crippen LogP contribution in [0.5, 0.6) is 5.75 Å². The third kappa shape index (κ3) is 3.46. The lowest BCUT2D eigenvalue weighted by atomic mass is 10.1. The molecule has 0 radical (unpaired) electrons. The standard InChI is InChI=1S/C19H15FN4O3.ClH/c20-13-3-1-12(2-4-13)10-24-8-7-23-11-14(15-9-21-5-6-22-15)17(25)18(26)16(23)19(24)27;/h1-6,9,11,26H,7-8,10H2;1H. The first-order valence-electron chi connectivity index (χ1n) is 8.31. The van der Waals surface area contributed by atoms with E-state index in [0.717, 1.165) is 5.56 Å². The number of carbonyl (C=O) groups is 1. The number of aromatic hydroxyl groups is 1. The second-order valence-electron chi connectivity index (χ2n) is 6.21. The van der Waals surface area contributed by atoms with E-state index in [9.17, 15) is 19.1 Å². The molecule has 0 atom stereocenters. The van der Waals surface area contributed by atoms with Crippen molar-refractivity contribution in [1.82, 2.24) is 19.4 Å². The van der Waals surface area contributed by atoms with E-state index in [4.69, 9.17) is 0 Å². The minimum absolute atomic E-state index is 0. The number of fused-ring (bicyclic) bond motifs is 1. The molecule has 144 valence electrons. The Labute approximate surface area is 165 Å². The zero-order valence-electron chi connectivity index (χ0n) is 14.6. The number of hydrogen-bond donors (Lipinski definition) is 1. The summed E-state index contributed by atoms with van der Waals surface area (Å²) in [5.41, 5.74) is 0.550. The van der Waals surface area contributed by atoms with Crippen molar-refractivity contribution in [2.75, 3.05) is 6.54 Å². The number of halogens is 2. The Kier molecular flexibility index (Phi) is 5.41. The summed E-state index contributed by atoms with van der Waals surface area (Å²) in [7, 11) is 0. The normalized spacial score (nSPS) is 13.0. The minimum Gasteiger partial charge on any atom is -0.503 e. The van der Waals surface area contributed by atoms with Crippen molar-refractivity contribution in [3.05, 3.63) is 76.4 Å². The fraction of sp³-hybridized carbons (Fsp3) is 0.158. The third-order valence-electron chi connectivity index (χ3n) is 4.48. The van der Waals surface area contributed by atoms with Crippen molar-refractivity contribution in [1.29, 1.82) is 0 Å². The van der Waals surface area contributed by atoms with Crippen LogP contribution in [0.15, 0.2) is 53.8 Å². The molecule has 4 rings (SSSR count). The lowest BCUT2D eigenvalue weighted by Crippen LogP contribution is -2.41. The Bertz CT molecular complexity index is 1070. The van der Waals surface area contributed by atoms with Crippen molar-refractivity contribution >= 4 is 18.3 Å². The van der Waals surface area contributed by atoms with Crippen LogP contribution in [0.2, 0.25) is 0 Å². The highest BCUT2D eigenvalue weighted by atomic mass is 35.5. The van der Waals surface area contributed by atoms with E-state index in [1.807, 2.05) is 0 Å². The van der Waals surface area contributed by atoms with Gasteiger partial charge in [-0.25, -0.2) is 4.39 Å². The van der Waals surface area contributed by atoms with Gasteiger partial charge in [0.05, 0.1) is 17.5 Å². The largest absolute Gasteiger partial charge is 0.503 e. The second-order valence-corrected chi connectivity index (χ2v) is 6.21. The molecule has 1 aliphatic rings. The Morgan fingerprint density at radius 2 is 1.86 bits per heavy atom. The van der Waals surface area contributed by atoms with Crippen LogP contribution in [-0.4, -0.2) is 37.0 Å². The summed E-state index contributed by atoms with van der Waals surface area (Å²) < 4.78 is 14.6. The number of carbonyl (C=O) groups excluding carboxylic acids is 1. The number of benzene rings is 1. The highest BCUT2D eigenvalue weighted by Gasteiger charge is 2.30. The molecule has 2 aromatic heterocycles. The second kappa shape index (κ2) is 7.77. The summed E-state index contributed by atoms with van der Waals surface area (Å²) in [4.78, 5) is 34.9. The quantitative estimate of drug-likeness (QED) is 0.725. The zero-order valence-corrected chi connectivity index (χ0v) is 15.4. The molecule has 0 bridgehead atoms. The van der Waals surface area contributed by atoms with Crippen molar-refractivity contribution in [2.24, 2.45) is 0 Å². The average molecular weight is 403 g/mol. The van der Waals surface area contributed by atoms with E-state index in [1.54, 1.807) is 16.7 Å².